The lowest BCUT2D eigenvalue weighted by atomic mass is 9.77. The number of nitrogens with zero attached hydrogens (tertiary/aromatic N) is 1. The number of nitrogens with one attached hydrogen (secondary N) is 1. The zero-order chi connectivity index (χ0) is 15.9. The normalized spacial score (nSPS) is 19.2. The topological polar surface area (TPSA) is 69.6 Å². The lowest BCUT2D eigenvalue weighted by Gasteiger charge is -2.46. The average molecular weight is 298 g/mol. The Balaban J connectivity index is 2.72. The van der Waals surface area contributed by atoms with E-state index in [-0.39, 0.29) is 23.9 Å². The van der Waals surface area contributed by atoms with Crippen LogP contribution >= 0.6 is 0 Å². The molecule has 1 rings (SSSR count). The quantitative estimate of drug-likeness (QED) is 0.675. The highest BCUT2D eigenvalue weighted by molar-refractivity contribution is 5.81. The van der Waals surface area contributed by atoms with E-state index in [1.165, 1.54) is 0 Å². The van der Waals surface area contributed by atoms with Gasteiger partial charge in [-0.25, -0.2) is 0 Å². The zero-order valence-electron chi connectivity index (χ0n) is 13.7. The molecule has 1 amide bonds. The number of likely N-dealkylation sites (N-methyl/N-ethyl adjacent to an activating group) is 1. The Hall–Kier alpha value is -1.10. The molecule has 0 spiro atoms. The summed E-state index contributed by atoms with van der Waals surface area (Å²) >= 11 is 0. The molecule has 0 aromatic heterocycles. The second kappa shape index (κ2) is 8.37. The van der Waals surface area contributed by atoms with Crippen LogP contribution in [0.4, 0.5) is 0 Å². The standard InChI is InChI=1S/C16H30N2O3/c1-4-5-11-17-15(21)13(2)18(3)16(12-14(19)20)9-7-6-8-10-16/h13H,4-12H2,1-3H3,(H,17,21)(H,19,20). The number of carboxylic acid groups (broad SMARTS) is 1. The number of hydrogen-bond donors (Lipinski definition) is 2. The summed E-state index contributed by atoms with van der Waals surface area (Å²) in [6.07, 6.45) is 7.12. The number of hydrogen-bond acceptors (Lipinski definition) is 3. The molecule has 1 aliphatic carbocycles. The van der Waals surface area contributed by atoms with Crippen LogP contribution in [0.15, 0.2) is 0 Å². The Morgan fingerprint density at radius 2 is 1.90 bits per heavy atom. The SMILES string of the molecule is CCCCNC(=O)C(C)N(C)C1(CC(=O)O)CCCCC1. The highest BCUT2D eigenvalue weighted by Gasteiger charge is 2.41. The van der Waals surface area contributed by atoms with Gasteiger partial charge in [0.2, 0.25) is 5.91 Å². The maximum absolute atomic E-state index is 12.2. The minimum absolute atomic E-state index is 0.00119. The molecule has 1 unspecified atom stereocenters. The van der Waals surface area contributed by atoms with Crippen LogP contribution in [-0.2, 0) is 9.59 Å². The molecule has 1 saturated carbocycles. The summed E-state index contributed by atoms with van der Waals surface area (Å²) in [5.74, 6) is -0.774. The second-order valence-electron chi connectivity index (χ2n) is 6.29. The van der Waals surface area contributed by atoms with Gasteiger partial charge in [-0.05, 0) is 33.2 Å². The third kappa shape index (κ3) is 4.99. The summed E-state index contributed by atoms with van der Waals surface area (Å²) in [5, 5.41) is 12.2. The predicted molar refractivity (Wildman–Crippen MR) is 83.2 cm³/mol. The van der Waals surface area contributed by atoms with Crippen molar-refractivity contribution < 1.29 is 14.7 Å². The first-order valence-corrected chi connectivity index (χ1v) is 8.15. The zero-order valence-corrected chi connectivity index (χ0v) is 13.7. The first-order valence-electron chi connectivity index (χ1n) is 8.15. The fourth-order valence-electron chi connectivity index (χ4n) is 3.27. The van der Waals surface area contributed by atoms with Crippen molar-refractivity contribution in [1.29, 1.82) is 0 Å². The van der Waals surface area contributed by atoms with Crippen LogP contribution in [0, 0.1) is 0 Å². The Morgan fingerprint density at radius 1 is 1.29 bits per heavy atom. The van der Waals surface area contributed by atoms with Crippen molar-refractivity contribution in [1.82, 2.24) is 10.2 Å². The average Bonchev–Trinajstić information content (AvgIpc) is 2.46. The summed E-state index contributed by atoms with van der Waals surface area (Å²) in [6, 6.07) is -0.292. The minimum Gasteiger partial charge on any atom is -0.481 e. The van der Waals surface area contributed by atoms with Gasteiger partial charge in [0, 0.05) is 12.1 Å². The fourth-order valence-corrected chi connectivity index (χ4v) is 3.27. The summed E-state index contributed by atoms with van der Waals surface area (Å²) in [6.45, 7) is 4.66. The van der Waals surface area contributed by atoms with Crippen LogP contribution in [0.2, 0.25) is 0 Å². The maximum Gasteiger partial charge on any atom is 0.305 e. The third-order valence-corrected chi connectivity index (χ3v) is 4.80. The van der Waals surface area contributed by atoms with Crippen LogP contribution < -0.4 is 5.32 Å². The molecule has 0 bridgehead atoms. The highest BCUT2D eigenvalue weighted by Crippen LogP contribution is 2.36. The first kappa shape index (κ1) is 18.0. The van der Waals surface area contributed by atoms with E-state index in [1.807, 2.05) is 18.9 Å². The third-order valence-electron chi connectivity index (χ3n) is 4.80. The van der Waals surface area contributed by atoms with Gasteiger partial charge in [-0.2, -0.15) is 0 Å². The maximum atomic E-state index is 12.2. The fraction of sp³-hybridized carbons (Fsp3) is 0.875. The van der Waals surface area contributed by atoms with E-state index in [0.717, 1.165) is 44.9 Å². The number of rotatable bonds is 8. The van der Waals surface area contributed by atoms with Gasteiger partial charge in [0.25, 0.3) is 0 Å². The van der Waals surface area contributed by atoms with Crippen molar-refractivity contribution in [2.24, 2.45) is 0 Å². The van der Waals surface area contributed by atoms with E-state index in [1.54, 1.807) is 0 Å². The molecule has 1 aliphatic rings. The van der Waals surface area contributed by atoms with E-state index in [9.17, 15) is 14.7 Å². The van der Waals surface area contributed by atoms with Crippen molar-refractivity contribution in [2.45, 2.75) is 76.8 Å². The van der Waals surface area contributed by atoms with E-state index in [4.69, 9.17) is 0 Å². The molecule has 0 heterocycles. The monoisotopic (exact) mass is 298 g/mol. The molecule has 0 radical (unpaired) electrons. The van der Waals surface area contributed by atoms with E-state index < -0.39 is 5.97 Å². The van der Waals surface area contributed by atoms with Crippen LogP contribution in [0.1, 0.15) is 65.2 Å². The largest absolute Gasteiger partial charge is 0.481 e. The highest BCUT2D eigenvalue weighted by atomic mass is 16.4. The van der Waals surface area contributed by atoms with Crippen molar-refractivity contribution in [3.63, 3.8) is 0 Å². The number of carboxylic acids is 1. The molecule has 0 aromatic rings. The second-order valence-corrected chi connectivity index (χ2v) is 6.29. The lowest BCUT2D eigenvalue weighted by Crippen LogP contribution is -2.57. The van der Waals surface area contributed by atoms with Crippen molar-refractivity contribution in [3.05, 3.63) is 0 Å². The van der Waals surface area contributed by atoms with Crippen molar-refractivity contribution in [3.8, 4) is 0 Å². The van der Waals surface area contributed by atoms with E-state index in [2.05, 4.69) is 12.2 Å². The predicted octanol–water partition coefficient (Wildman–Crippen LogP) is 2.40. The number of carbonyl (C=O) groups excluding carboxylic acids is 1. The summed E-state index contributed by atoms with van der Waals surface area (Å²) in [4.78, 5) is 25.5. The minimum atomic E-state index is -0.776. The molecule has 2 N–H and O–H groups in total. The summed E-state index contributed by atoms with van der Waals surface area (Å²) in [7, 11) is 1.90. The Bertz CT molecular complexity index is 351. The van der Waals surface area contributed by atoms with Crippen LogP contribution in [0.3, 0.4) is 0 Å². The smallest absolute Gasteiger partial charge is 0.305 e. The summed E-state index contributed by atoms with van der Waals surface area (Å²) < 4.78 is 0. The van der Waals surface area contributed by atoms with Gasteiger partial charge in [-0.15, -0.1) is 0 Å². The molecule has 0 aromatic carbocycles. The molecule has 0 aliphatic heterocycles. The van der Waals surface area contributed by atoms with Gasteiger partial charge in [-0.3, -0.25) is 14.5 Å². The molecule has 1 atom stereocenters. The van der Waals surface area contributed by atoms with E-state index >= 15 is 0 Å². The Labute approximate surface area is 128 Å². The molecule has 0 saturated heterocycles. The molecular formula is C16H30N2O3. The van der Waals surface area contributed by atoms with Gasteiger partial charge in [0.05, 0.1) is 12.5 Å². The lowest BCUT2D eigenvalue weighted by molar-refractivity contribution is -0.143. The van der Waals surface area contributed by atoms with Crippen LogP contribution in [0.5, 0.6) is 0 Å². The van der Waals surface area contributed by atoms with Gasteiger partial charge in [0.1, 0.15) is 0 Å². The van der Waals surface area contributed by atoms with Gasteiger partial charge < -0.3 is 10.4 Å². The molecule has 5 nitrogen and oxygen atoms in total. The summed E-state index contributed by atoms with van der Waals surface area (Å²) in [5.41, 5.74) is -0.369. The van der Waals surface area contributed by atoms with Crippen LogP contribution in [0.25, 0.3) is 0 Å². The van der Waals surface area contributed by atoms with Gasteiger partial charge >= 0.3 is 5.97 Å². The first-order chi connectivity index (χ1) is 9.93. The number of unbranched alkanes of at least 4 members (excludes halogenated alkanes) is 1. The van der Waals surface area contributed by atoms with Crippen LogP contribution in [-0.4, -0.2) is 47.1 Å². The number of aliphatic carboxylic acids is 1. The molecule has 21 heavy (non-hydrogen) atoms. The van der Waals surface area contributed by atoms with E-state index in [0.29, 0.717) is 6.54 Å². The number of carbonyl (C=O) groups is 2. The van der Waals surface area contributed by atoms with Crippen molar-refractivity contribution in [2.75, 3.05) is 13.6 Å². The van der Waals surface area contributed by atoms with Gasteiger partial charge in [-0.1, -0.05) is 32.6 Å². The molecular weight excluding hydrogens is 268 g/mol. The molecule has 122 valence electrons. The molecule has 1 fully saturated rings. The van der Waals surface area contributed by atoms with Crippen molar-refractivity contribution >= 4 is 11.9 Å². The number of amides is 1. The Kier molecular flexibility index (Phi) is 7.15. The van der Waals surface area contributed by atoms with Gasteiger partial charge in [0.15, 0.2) is 0 Å². The Morgan fingerprint density at radius 3 is 2.43 bits per heavy atom. The molecule has 5 heteroatoms.